The number of carbonyl (C=O) groups excluding carboxylic acids is 1. The Labute approximate surface area is 133 Å². The molecule has 122 valence electrons. The topological polar surface area (TPSA) is 72.3 Å². The van der Waals surface area contributed by atoms with Gasteiger partial charge in [-0.05, 0) is 6.07 Å². The average molecular weight is 319 g/mol. The highest BCUT2D eigenvalue weighted by molar-refractivity contribution is 5.74. The Morgan fingerprint density at radius 2 is 2.30 bits per heavy atom. The van der Waals surface area contributed by atoms with Crippen LogP contribution in [0.4, 0.5) is 9.18 Å². The molecule has 2 aromatic rings. The minimum Gasteiger partial charge on any atom is -0.370 e. The van der Waals surface area contributed by atoms with E-state index in [9.17, 15) is 9.18 Å². The lowest BCUT2D eigenvalue weighted by Crippen LogP contribution is -2.47. The zero-order chi connectivity index (χ0) is 16.2. The van der Waals surface area contributed by atoms with Crippen molar-refractivity contribution in [3.8, 4) is 0 Å². The smallest absolute Gasteiger partial charge is 0.317 e. The van der Waals surface area contributed by atoms with Crippen LogP contribution in [-0.2, 0) is 18.3 Å². The maximum atomic E-state index is 13.9. The molecule has 0 saturated carbocycles. The van der Waals surface area contributed by atoms with Gasteiger partial charge in [-0.15, -0.1) is 0 Å². The number of halogens is 1. The molecule has 1 aliphatic rings. The number of rotatable bonds is 3. The Hall–Kier alpha value is -2.48. The summed E-state index contributed by atoms with van der Waals surface area (Å²) in [6.07, 6.45) is 1.12. The molecule has 1 fully saturated rings. The number of hydrogen-bond donors (Lipinski definition) is 1. The van der Waals surface area contributed by atoms with Gasteiger partial charge in [0.15, 0.2) is 5.82 Å². The fourth-order valence-electron chi connectivity index (χ4n) is 2.49. The maximum absolute atomic E-state index is 13.9. The van der Waals surface area contributed by atoms with Crippen LogP contribution in [0.1, 0.15) is 17.5 Å². The van der Waals surface area contributed by atoms with Crippen LogP contribution in [0.15, 0.2) is 30.6 Å². The van der Waals surface area contributed by atoms with Crippen molar-refractivity contribution < 1.29 is 13.9 Å². The first kappa shape index (κ1) is 15.4. The third-order valence-corrected chi connectivity index (χ3v) is 3.65. The predicted octanol–water partition coefficient (Wildman–Crippen LogP) is 1.24. The lowest BCUT2D eigenvalue weighted by Gasteiger charge is -2.33. The predicted molar refractivity (Wildman–Crippen MR) is 79.9 cm³/mol. The van der Waals surface area contributed by atoms with Gasteiger partial charge in [0.25, 0.3) is 0 Å². The summed E-state index contributed by atoms with van der Waals surface area (Å²) in [5.41, 5.74) is 0.469. The Morgan fingerprint density at radius 3 is 3.04 bits per heavy atom. The van der Waals surface area contributed by atoms with Crippen molar-refractivity contribution in [1.82, 2.24) is 25.0 Å². The van der Waals surface area contributed by atoms with E-state index in [1.807, 2.05) is 0 Å². The van der Waals surface area contributed by atoms with Crippen molar-refractivity contribution in [1.29, 1.82) is 0 Å². The number of nitrogens with one attached hydrogen (secondary N) is 1. The summed E-state index contributed by atoms with van der Waals surface area (Å²) in [6.45, 7) is 1.39. The van der Waals surface area contributed by atoms with E-state index in [1.54, 1.807) is 41.2 Å². The highest BCUT2D eigenvalue weighted by Gasteiger charge is 2.27. The summed E-state index contributed by atoms with van der Waals surface area (Å²) in [7, 11) is 1.76. The second kappa shape index (κ2) is 6.74. The van der Waals surface area contributed by atoms with Crippen LogP contribution in [0, 0.1) is 5.82 Å². The van der Waals surface area contributed by atoms with Gasteiger partial charge in [0.05, 0.1) is 19.7 Å². The lowest BCUT2D eigenvalue weighted by atomic mass is 10.1. The van der Waals surface area contributed by atoms with Gasteiger partial charge < -0.3 is 15.0 Å². The van der Waals surface area contributed by atoms with Crippen molar-refractivity contribution in [2.24, 2.45) is 7.05 Å². The molecule has 3 rings (SSSR count). The fraction of sp³-hybridized carbons (Fsp3) is 0.400. The monoisotopic (exact) mass is 319 g/mol. The highest BCUT2D eigenvalue weighted by atomic mass is 19.1. The van der Waals surface area contributed by atoms with Crippen molar-refractivity contribution in [3.05, 3.63) is 47.8 Å². The quantitative estimate of drug-likeness (QED) is 0.924. The van der Waals surface area contributed by atoms with Crippen molar-refractivity contribution >= 4 is 6.03 Å². The number of amides is 2. The molecule has 1 aliphatic heterocycles. The van der Waals surface area contributed by atoms with Gasteiger partial charge in [-0.25, -0.2) is 14.2 Å². The molecule has 23 heavy (non-hydrogen) atoms. The minimum atomic E-state index is -0.455. The van der Waals surface area contributed by atoms with E-state index >= 15 is 0 Å². The Morgan fingerprint density at radius 1 is 1.48 bits per heavy atom. The molecule has 1 saturated heterocycles. The molecule has 1 aromatic carbocycles. The first-order valence-corrected chi connectivity index (χ1v) is 7.37. The van der Waals surface area contributed by atoms with E-state index in [0.29, 0.717) is 31.1 Å². The standard InChI is InChI=1S/C15H18FN5O2/c1-20-10-18-14(19-20)8-17-15(22)21-6-7-23-13(9-21)11-4-2-3-5-12(11)16/h2-5,10,13H,6-9H2,1H3,(H,17,22). The number of hydrogen-bond acceptors (Lipinski definition) is 4. The molecule has 1 aromatic heterocycles. The third-order valence-electron chi connectivity index (χ3n) is 3.65. The number of urea groups is 1. The van der Waals surface area contributed by atoms with Gasteiger partial charge in [-0.2, -0.15) is 5.10 Å². The fourth-order valence-corrected chi connectivity index (χ4v) is 2.49. The Bertz CT molecular complexity index is 690. The van der Waals surface area contributed by atoms with E-state index in [-0.39, 0.29) is 18.4 Å². The lowest BCUT2D eigenvalue weighted by molar-refractivity contribution is -0.0171. The van der Waals surface area contributed by atoms with Crippen LogP contribution < -0.4 is 5.32 Å². The van der Waals surface area contributed by atoms with Crippen LogP contribution in [0.5, 0.6) is 0 Å². The SMILES string of the molecule is Cn1cnc(CNC(=O)N2CCOC(c3ccccc3F)C2)n1. The molecule has 0 radical (unpaired) electrons. The number of aryl methyl sites for hydroxylation is 1. The first-order valence-electron chi connectivity index (χ1n) is 7.37. The largest absolute Gasteiger partial charge is 0.370 e. The highest BCUT2D eigenvalue weighted by Crippen LogP contribution is 2.24. The summed E-state index contributed by atoms with van der Waals surface area (Å²) >= 11 is 0. The van der Waals surface area contributed by atoms with Crippen molar-refractivity contribution in [3.63, 3.8) is 0 Å². The van der Waals surface area contributed by atoms with E-state index in [0.717, 1.165) is 0 Å². The second-order valence-electron chi connectivity index (χ2n) is 5.32. The van der Waals surface area contributed by atoms with E-state index in [1.165, 1.54) is 6.07 Å². The van der Waals surface area contributed by atoms with E-state index < -0.39 is 6.10 Å². The summed E-state index contributed by atoms with van der Waals surface area (Å²) in [6, 6.07) is 6.23. The van der Waals surface area contributed by atoms with Crippen molar-refractivity contribution in [2.45, 2.75) is 12.6 Å². The number of benzene rings is 1. The molecule has 0 aliphatic carbocycles. The molecular formula is C15H18FN5O2. The van der Waals surface area contributed by atoms with Gasteiger partial charge in [0.1, 0.15) is 18.2 Å². The van der Waals surface area contributed by atoms with Crippen LogP contribution in [0.2, 0.25) is 0 Å². The molecule has 1 N–H and O–H groups in total. The summed E-state index contributed by atoms with van der Waals surface area (Å²) in [5.74, 6) is 0.220. The Balaban J connectivity index is 1.59. The van der Waals surface area contributed by atoms with Crippen LogP contribution in [0.3, 0.4) is 0 Å². The van der Waals surface area contributed by atoms with Crippen LogP contribution in [0.25, 0.3) is 0 Å². The second-order valence-corrected chi connectivity index (χ2v) is 5.32. The summed E-state index contributed by atoms with van der Waals surface area (Å²) < 4.78 is 21.0. The van der Waals surface area contributed by atoms with Crippen molar-refractivity contribution in [2.75, 3.05) is 19.7 Å². The normalized spacial score (nSPS) is 18.0. The number of carbonyl (C=O) groups is 1. The number of ether oxygens (including phenoxy) is 1. The zero-order valence-electron chi connectivity index (χ0n) is 12.8. The van der Waals surface area contributed by atoms with Gasteiger partial charge in [-0.3, -0.25) is 4.68 Å². The van der Waals surface area contributed by atoms with Crippen LogP contribution >= 0.6 is 0 Å². The molecule has 0 bridgehead atoms. The third kappa shape index (κ3) is 3.65. The number of aromatic nitrogens is 3. The molecule has 0 spiro atoms. The van der Waals surface area contributed by atoms with Gasteiger partial charge >= 0.3 is 6.03 Å². The molecular weight excluding hydrogens is 301 g/mol. The van der Waals surface area contributed by atoms with Gasteiger partial charge in [-0.1, -0.05) is 18.2 Å². The van der Waals surface area contributed by atoms with Gasteiger partial charge in [0, 0.05) is 19.2 Å². The maximum Gasteiger partial charge on any atom is 0.317 e. The Kier molecular flexibility index (Phi) is 4.52. The zero-order valence-corrected chi connectivity index (χ0v) is 12.8. The summed E-state index contributed by atoms with van der Waals surface area (Å²) in [5, 5.41) is 6.87. The minimum absolute atomic E-state index is 0.234. The number of nitrogens with zero attached hydrogens (tertiary/aromatic N) is 4. The van der Waals surface area contributed by atoms with E-state index in [2.05, 4.69) is 15.4 Å². The van der Waals surface area contributed by atoms with E-state index in [4.69, 9.17) is 4.74 Å². The molecule has 1 atom stereocenters. The average Bonchev–Trinajstić information content (AvgIpc) is 2.98. The summed E-state index contributed by atoms with van der Waals surface area (Å²) in [4.78, 5) is 17.9. The molecule has 1 unspecified atom stereocenters. The molecule has 2 heterocycles. The number of morpholine rings is 1. The van der Waals surface area contributed by atoms with Gasteiger partial charge in [0.2, 0.25) is 0 Å². The molecule has 8 heteroatoms. The molecule has 2 amide bonds. The van der Waals surface area contributed by atoms with Crippen LogP contribution in [-0.4, -0.2) is 45.4 Å². The molecule has 7 nitrogen and oxygen atoms in total. The first-order chi connectivity index (χ1) is 11.1.